The molecule has 3 unspecified atom stereocenters. The highest BCUT2D eigenvalue weighted by atomic mass is 19.1. The molecule has 3 aliphatic rings. The Morgan fingerprint density at radius 2 is 1.70 bits per heavy atom. The number of nitrogens with zero attached hydrogens (tertiary/aromatic N) is 2. The summed E-state index contributed by atoms with van der Waals surface area (Å²) in [6, 6.07) is 2.44. The van der Waals surface area contributed by atoms with Crippen LogP contribution in [0.2, 0.25) is 0 Å². The van der Waals surface area contributed by atoms with Crippen LogP contribution in [0.5, 0.6) is 0 Å². The lowest BCUT2D eigenvalue weighted by Gasteiger charge is -2.38. The highest BCUT2D eigenvalue weighted by Crippen LogP contribution is 2.41. The lowest BCUT2D eigenvalue weighted by Crippen LogP contribution is -2.52. The summed E-state index contributed by atoms with van der Waals surface area (Å²) in [6.45, 7) is 0.629. The SMILES string of the molecule is NC(=O)C1CC2CCCCC2N1C(=O)C1CCN(C(=O)c2ccc(F)cc2F)CC1. The van der Waals surface area contributed by atoms with E-state index in [1.165, 1.54) is 4.90 Å². The van der Waals surface area contributed by atoms with Gasteiger partial charge in [-0.3, -0.25) is 14.4 Å². The van der Waals surface area contributed by atoms with Crippen molar-refractivity contribution < 1.29 is 23.2 Å². The molecule has 2 saturated heterocycles. The molecule has 30 heavy (non-hydrogen) atoms. The number of hydrogen-bond acceptors (Lipinski definition) is 3. The molecule has 0 spiro atoms. The molecule has 2 aliphatic heterocycles. The number of benzene rings is 1. The van der Waals surface area contributed by atoms with Gasteiger partial charge in [0.2, 0.25) is 11.8 Å². The number of halogens is 2. The molecule has 162 valence electrons. The summed E-state index contributed by atoms with van der Waals surface area (Å²) in [4.78, 5) is 41.2. The fraction of sp³-hybridized carbons (Fsp3) is 0.591. The third-order valence-corrected chi connectivity index (χ3v) is 6.96. The zero-order valence-electron chi connectivity index (χ0n) is 16.9. The van der Waals surface area contributed by atoms with Crippen LogP contribution in [0.3, 0.4) is 0 Å². The zero-order valence-corrected chi connectivity index (χ0v) is 16.9. The third-order valence-electron chi connectivity index (χ3n) is 6.96. The van der Waals surface area contributed by atoms with Crippen molar-refractivity contribution in [3.63, 3.8) is 0 Å². The van der Waals surface area contributed by atoms with Gasteiger partial charge in [0.1, 0.15) is 17.7 Å². The smallest absolute Gasteiger partial charge is 0.256 e. The van der Waals surface area contributed by atoms with Gasteiger partial charge in [-0.25, -0.2) is 8.78 Å². The monoisotopic (exact) mass is 419 g/mol. The fourth-order valence-corrected chi connectivity index (χ4v) is 5.40. The highest BCUT2D eigenvalue weighted by molar-refractivity contribution is 5.95. The van der Waals surface area contributed by atoms with Crippen LogP contribution in [0, 0.1) is 23.5 Å². The molecule has 3 amide bonds. The molecule has 1 aliphatic carbocycles. The molecule has 2 heterocycles. The number of primary amides is 1. The van der Waals surface area contributed by atoms with E-state index in [1.54, 1.807) is 4.90 Å². The zero-order chi connectivity index (χ0) is 21.4. The summed E-state index contributed by atoms with van der Waals surface area (Å²) in [5.41, 5.74) is 5.45. The number of likely N-dealkylation sites (tertiary alicyclic amines) is 2. The molecule has 1 aromatic rings. The Kier molecular flexibility index (Phi) is 5.75. The third kappa shape index (κ3) is 3.79. The van der Waals surface area contributed by atoms with Gasteiger partial charge < -0.3 is 15.5 Å². The van der Waals surface area contributed by atoms with Crippen LogP contribution in [-0.4, -0.2) is 52.7 Å². The predicted molar refractivity (Wildman–Crippen MR) is 105 cm³/mol. The summed E-state index contributed by atoms with van der Waals surface area (Å²) in [5, 5.41) is 0. The van der Waals surface area contributed by atoms with E-state index < -0.39 is 29.5 Å². The van der Waals surface area contributed by atoms with E-state index in [4.69, 9.17) is 5.73 Å². The van der Waals surface area contributed by atoms with Crippen molar-refractivity contribution in [2.75, 3.05) is 13.1 Å². The Balaban J connectivity index is 1.42. The number of nitrogens with two attached hydrogens (primary N) is 1. The van der Waals surface area contributed by atoms with Gasteiger partial charge in [-0.2, -0.15) is 0 Å². The van der Waals surface area contributed by atoms with Gasteiger partial charge in [-0.15, -0.1) is 0 Å². The first-order valence-electron chi connectivity index (χ1n) is 10.7. The van der Waals surface area contributed by atoms with Crippen LogP contribution in [0.4, 0.5) is 8.78 Å². The van der Waals surface area contributed by atoms with E-state index in [9.17, 15) is 23.2 Å². The van der Waals surface area contributed by atoms with Gasteiger partial charge in [-0.05, 0) is 50.2 Å². The van der Waals surface area contributed by atoms with E-state index >= 15 is 0 Å². The first-order chi connectivity index (χ1) is 14.4. The number of fused-ring (bicyclic) bond motifs is 1. The highest BCUT2D eigenvalue weighted by Gasteiger charge is 2.48. The molecule has 3 atom stereocenters. The molecule has 1 aromatic carbocycles. The number of carbonyl (C=O) groups excluding carboxylic acids is 3. The van der Waals surface area contributed by atoms with Crippen LogP contribution in [0.25, 0.3) is 0 Å². The number of hydrogen-bond donors (Lipinski definition) is 1. The average Bonchev–Trinajstić information content (AvgIpc) is 3.13. The van der Waals surface area contributed by atoms with E-state index in [1.807, 2.05) is 0 Å². The molecule has 8 heteroatoms. The molecular formula is C22H27F2N3O3. The maximum absolute atomic E-state index is 13.9. The molecule has 0 bridgehead atoms. The van der Waals surface area contributed by atoms with Crippen molar-refractivity contribution in [2.45, 2.75) is 57.0 Å². The molecule has 0 radical (unpaired) electrons. The summed E-state index contributed by atoms with van der Waals surface area (Å²) in [5.74, 6) is -2.56. The van der Waals surface area contributed by atoms with Crippen molar-refractivity contribution in [1.82, 2.24) is 9.80 Å². The van der Waals surface area contributed by atoms with Gasteiger partial charge in [-0.1, -0.05) is 12.8 Å². The fourth-order valence-electron chi connectivity index (χ4n) is 5.40. The standard InChI is InChI=1S/C22H27F2N3O3/c23-15-5-6-16(17(24)12-15)22(30)26-9-7-13(8-10-26)21(29)27-18-4-2-1-3-14(18)11-19(27)20(25)28/h5-6,12-14,18-19H,1-4,7-11H2,(H2,25,28). The van der Waals surface area contributed by atoms with Gasteiger partial charge in [0.15, 0.2) is 0 Å². The Morgan fingerprint density at radius 3 is 2.37 bits per heavy atom. The molecule has 2 N–H and O–H groups in total. The Bertz CT molecular complexity index is 854. The van der Waals surface area contributed by atoms with Crippen LogP contribution < -0.4 is 5.73 Å². The quantitative estimate of drug-likeness (QED) is 0.817. The van der Waals surface area contributed by atoms with E-state index in [-0.39, 0.29) is 23.4 Å². The summed E-state index contributed by atoms with van der Waals surface area (Å²) in [6.07, 6.45) is 5.64. The van der Waals surface area contributed by atoms with Gasteiger partial charge in [0.25, 0.3) is 5.91 Å². The number of piperidine rings is 1. The molecular weight excluding hydrogens is 392 g/mol. The Labute approximate surface area is 174 Å². The number of carbonyl (C=O) groups is 3. The Hall–Kier alpha value is -2.51. The maximum atomic E-state index is 13.9. The Morgan fingerprint density at radius 1 is 1.00 bits per heavy atom. The van der Waals surface area contributed by atoms with Crippen LogP contribution in [0.1, 0.15) is 55.3 Å². The van der Waals surface area contributed by atoms with Crippen molar-refractivity contribution >= 4 is 17.7 Å². The van der Waals surface area contributed by atoms with E-state index in [0.717, 1.165) is 37.8 Å². The normalized spacial score (nSPS) is 27.1. The molecule has 6 nitrogen and oxygen atoms in total. The van der Waals surface area contributed by atoms with Gasteiger partial charge in [0.05, 0.1) is 5.56 Å². The molecule has 3 fully saturated rings. The minimum atomic E-state index is -0.886. The molecule has 4 rings (SSSR count). The van der Waals surface area contributed by atoms with Crippen molar-refractivity contribution in [1.29, 1.82) is 0 Å². The minimum Gasteiger partial charge on any atom is -0.368 e. The number of rotatable bonds is 3. The van der Waals surface area contributed by atoms with Gasteiger partial charge >= 0.3 is 0 Å². The minimum absolute atomic E-state index is 0.0479. The average molecular weight is 419 g/mol. The van der Waals surface area contributed by atoms with Gasteiger partial charge in [0, 0.05) is 31.1 Å². The van der Waals surface area contributed by atoms with Crippen LogP contribution in [-0.2, 0) is 9.59 Å². The first-order valence-corrected chi connectivity index (χ1v) is 10.7. The molecule has 0 aromatic heterocycles. The lowest BCUT2D eigenvalue weighted by molar-refractivity contribution is -0.144. The lowest BCUT2D eigenvalue weighted by atomic mass is 9.84. The summed E-state index contributed by atoms with van der Waals surface area (Å²) in [7, 11) is 0. The van der Waals surface area contributed by atoms with E-state index in [0.29, 0.717) is 44.3 Å². The largest absolute Gasteiger partial charge is 0.368 e. The van der Waals surface area contributed by atoms with E-state index in [2.05, 4.69) is 0 Å². The topological polar surface area (TPSA) is 83.7 Å². The van der Waals surface area contributed by atoms with Crippen LogP contribution >= 0.6 is 0 Å². The van der Waals surface area contributed by atoms with Crippen molar-refractivity contribution in [3.05, 3.63) is 35.4 Å². The second-order valence-corrected chi connectivity index (χ2v) is 8.70. The second kappa shape index (κ2) is 8.32. The van der Waals surface area contributed by atoms with Crippen molar-refractivity contribution in [3.8, 4) is 0 Å². The maximum Gasteiger partial charge on any atom is 0.256 e. The summed E-state index contributed by atoms with van der Waals surface area (Å²) < 4.78 is 27.1. The van der Waals surface area contributed by atoms with Crippen molar-refractivity contribution in [2.24, 2.45) is 17.6 Å². The number of amides is 3. The predicted octanol–water partition coefficient (Wildman–Crippen LogP) is 2.46. The second-order valence-electron chi connectivity index (χ2n) is 8.70. The molecule has 1 saturated carbocycles. The van der Waals surface area contributed by atoms with Crippen LogP contribution in [0.15, 0.2) is 18.2 Å². The summed E-state index contributed by atoms with van der Waals surface area (Å²) >= 11 is 0. The first kappa shape index (κ1) is 20.8.